The molecule has 0 fully saturated rings. The number of hydrogen-bond acceptors (Lipinski definition) is 3. The number of halogens is 3. The Morgan fingerprint density at radius 3 is 2.22 bits per heavy atom. The van der Waals surface area contributed by atoms with Crippen LogP contribution < -0.4 is 4.74 Å². The van der Waals surface area contributed by atoms with Crippen molar-refractivity contribution in [2.24, 2.45) is 0 Å². The van der Waals surface area contributed by atoms with Crippen LogP contribution in [-0.4, -0.2) is 28.0 Å². The summed E-state index contributed by atoms with van der Waals surface area (Å²) < 4.78 is 43.9. The van der Waals surface area contributed by atoms with Gasteiger partial charge in [0.2, 0.25) is 0 Å². The summed E-state index contributed by atoms with van der Waals surface area (Å²) in [4.78, 5) is 10.4. The number of nitrogens with zero attached hydrogens (tertiary/aromatic N) is 2. The van der Waals surface area contributed by atoms with Gasteiger partial charge in [-0.1, -0.05) is 13.0 Å². The van der Waals surface area contributed by atoms with E-state index in [2.05, 4.69) is 5.10 Å². The number of aromatic nitrogens is 2. The standard InChI is InChI=1S/C13H13F3N2.C11H14O3/c1-3-10-8-18(17-9(10)2)12-6-4-11(5-7-12)13(14,15)16;1-8-7-10(14-2)5-3-9(8)4-6-11(12)13/h4-8H,3H2,1-2H3;3,5,7H,4,6H2,1-2H3,(H,12,13). The van der Waals surface area contributed by atoms with Crippen molar-refractivity contribution in [1.29, 1.82) is 0 Å². The van der Waals surface area contributed by atoms with Crippen molar-refractivity contribution >= 4 is 5.97 Å². The second-order valence-corrected chi connectivity index (χ2v) is 7.27. The van der Waals surface area contributed by atoms with Crippen molar-refractivity contribution in [3.63, 3.8) is 0 Å². The molecule has 1 N–H and O–H groups in total. The fraction of sp³-hybridized carbons (Fsp3) is 0.333. The number of carboxylic acid groups (broad SMARTS) is 1. The molecule has 1 heterocycles. The number of ether oxygens (including phenoxy) is 1. The number of hydrogen-bond donors (Lipinski definition) is 1. The Bertz CT molecular complexity index is 1040. The van der Waals surface area contributed by atoms with Gasteiger partial charge in [-0.3, -0.25) is 4.79 Å². The van der Waals surface area contributed by atoms with E-state index >= 15 is 0 Å². The van der Waals surface area contributed by atoms with E-state index in [0.717, 1.165) is 46.7 Å². The van der Waals surface area contributed by atoms with Crippen molar-refractivity contribution in [1.82, 2.24) is 9.78 Å². The molecule has 5 nitrogen and oxygen atoms in total. The van der Waals surface area contributed by atoms with E-state index in [0.29, 0.717) is 12.1 Å². The first kappa shape index (κ1) is 25.0. The molecule has 0 aliphatic carbocycles. The van der Waals surface area contributed by atoms with Gasteiger partial charge < -0.3 is 9.84 Å². The zero-order valence-corrected chi connectivity index (χ0v) is 18.5. The van der Waals surface area contributed by atoms with Gasteiger partial charge in [-0.05, 0) is 79.8 Å². The molecule has 32 heavy (non-hydrogen) atoms. The van der Waals surface area contributed by atoms with Crippen LogP contribution in [0.1, 0.15) is 41.3 Å². The maximum atomic E-state index is 12.4. The molecule has 2 aromatic carbocycles. The van der Waals surface area contributed by atoms with Crippen molar-refractivity contribution in [2.45, 2.75) is 46.2 Å². The molecule has 0 amide bonds. The molecule has 3 aromatic rings. The number of carbonyl (C=O) groups is 1. The van der Waals surface area contributed by atoms with Gasteiger partial charge in [0.25, 0.3) is 0 Å². The molecule has 0 atom stereocenters. The molecule has 0 spiro atoms. The Morgan fingerprint density at radius 2 is 1.75 bits per heavy atom. The predicted molar refractivity (Wildman–Crippen MR) is 116 cm³/mol. The normalized spacial score (nSPS) is 11.0. The Labute approximate surface area is 185 Å². The second-order valence-electron chi connectivity index (χ2n) is 7.27. The number of aryl methyl sites for hydroxylation is 4. The van der Waals surface area contributed by atoms with Gasteiger partial charge in [-0.2, -0.15) is 18.3 Å². The van der Waals surface area contributed by atoms with Crippen LogP contribution >= 0.6 is 0 Å². The first-order valence-corrected chi connectivity index (χ1v) is 10.1. The zero-order chi connectivity index (χ0) is 23.9. The lowest BCUT2D eigenvalue weighted by Gasteiger charge is -2.07. The quantitative estimate of drug-likeness (QED) is 0.519. The summed E-state index contributed by atoms with van der Waals surface area (Å²) in [7, 11) is 1.62. The maximum absolute atomic E-state index is 12.4. The van der Waals surface area contributed by atoms with E-state index in [1.54, 1.807) is 11.8 Å². The van der Waals surface area contributed by atoms with Crippen molar-refractivity contribution in [2.75, 3.05) is 7.11 Å². The molecule has 0 saturated carbocycles. The molecular formula is C24H27F3N2O3. The van der Waals surface area contributed by atoms with Crippen molar-refractivity contribution in [3.05, 3.63) is 76.6 Å². The Kier molecular flexibility index (Phi) is 8.46. The lowest BCUT2D eigenvalue weighted by atomic mass is 10.0. The zero-order valence-electron chi connectivity index (χ0n) is 18.5. The predicted octanol–water partition coefficient (Wildman–Crippen LogP) is 5.78. The van der Waals surface area contributed by atoms with Crippen LogP contribution in [0.3, 0.4) is 0 Å². The molecule has 0 bridgehead atoms. The first-order chi connectivity index (χ1) is 15.0. The van der Waals surface area contributed by atoms with Gasteiger partial charge >= 0.3 is 12.1 Å². The van der Waals surface area contributed by atoms with Crippen LogP contribution in [0.5, 0.6) is 5.75 Å². The van der Waals surface area contributed by atoms with Gasteiger partial charge in [0.1, 0.15) is 5.75 Å². The second kappa shape index (κ2) is 10.8. The summed E-state index contributed by atoms with van der Waals surface area (Å²) in [5.74, 6) is 0.0433. The van der Waals surface area contributed by atoms with Crippen molar-refractivity contribution in [3.8, 4) is 11.4 Å². The highest BCUT2D eigenvalue weighted by Crippen LogP contribution is 2.29. The van der Waals surface area contributed by atoms with Gasteiger partial charge in [0.05, 0.1) is 24.1 Å². The van der Waals surface area contributed by atoms with E-state index < -0.39 is 17.7 Å². The number of alkyl halides is 3. The van der Waals surface area contributed by atoms with E-state index in [1.807, 2.05) is 45.2 Å². The van der Waals surface area contributed by atoms with Crippen LogP contribution in [0.2, 0.25) is 0 Å². The first-order valence-electron chi connectivity index (χ1n) is 10.1. The highest BCUT2D eigenvalue weighted by molar-refractivity contribution is 5.67. The monoisotopic (exact) mass is 448 g/mol. The fourth-order valence-electron chi connectivity index (χ4n) is 3.10. The summed E-state index contributed by atoms with van der Waals surface area (Å²) in [6, 6.07) is 10.7. The van der Waals surface area contributed by atoms with Gasteiger partial charge in [-0.25, -0.2) is 4.68 Å². The average molecular weight is 448 g/mol. The highest BCUT2D eigenvalue weighted by atomic mass is 19.4. The molecule has 3 rings (SSSR count). The number of carboxylic acids is 1. The van der Waals surface area contributed by atoms with Gasteiger partial charge in [0, 0.05) is 12.6 Å². The number of methoxy groups -OCH3 is 1. The van der Waals surface area contributed by atoms with E-state index in [4.69, 9.17) is 9.84 Å². The minimum Gasteiger partial charge on any atom is -0.497 e. The summed E-state index contributed by atoms with van der Waals surface area (Å²) >= 11 is 0. The molecule has 8 heteroatoms. The van der Waals surface area contributed by atoms with Gasteiger partial charge in [0.15, 0.2) is 0 Å². The number of benzene rings is 2. The summed E-state index contributed by atoms with van der Waals surface area (Å²) in [6.45, 7) is 5.86. The van der Waals surface area contributed by atoms with Crippen LogP contribution in [0.15, 0.2) is 48.7 Å². The van der Waals surface area contributed by atoms with E-state index in [9.17, 15) is 18.0 Å². The Balaban J connectivity index is 0.000000235. The Hall–Kier alpha value is -3.29. The Morgan fingerprint density at radius 1 is 1.09 bits per heavy atom. The molecule has 0 saturated heterocycles. The smallest absolute Gasteiger partial charge is 0.416 e. The topological polar surface area (TPSA) is 64.4 Å². The van der Waals surface area contributed by atoms with Crippen LogP contribution in [0.4, 0.5) is 13.2 Å². The minimum atomic E-state index is -4.30. The molecular weight excluding hydrogens is 421 g/mol. The minimum absolute atomic E-state index is 0.174. The van der Waals surface area contributed by atoms with E-state index in [1.165, 1.54) is 12.1 Å². The summed E-state index contributed by atoms with van der Waals surface area (Å²) in [5.41, 5.74) is 4.11. The van der Waals surface area contributed by atoms with Crippen LogP contribution in [-0.2, 0) is 23.8 Å². The van der Waals surface area contributed by atoms with Crippen LogP contribution in [0, 0.1) is 13.8 Å². The molecule has 0 aliphatic heterocycles. The average Bonchev–Trinajstić information content (AvgIpc) is 3.13. The molecule has 0 aliphatic rings. The molecule has 1 aromatic heterocycles. The lowest BCUT2D eigenvalue weighted by molar-refractivity contribution is -0.138. The van der Waals surface area contributed by atoms with Crippen molar-refractivity contribution < 1.29 is 27.8 Å². The lowest BCUT2D eigenvalue weighted by Crippen LogP contribution is -2.05. The SMILES string of the molecule is CCc1cn(-c2ccc(C(F)(F)F)cc2)nc1C.COc1ccc(CCC(=O)O)c(C)c1. The largest absolute Gasteiger partial charge is 0.497 e. The maximum Gasteiger partial charge on any atom is 0.416 e. The van der Waals surface area contributed by atoms with E-state index in [-0.39, 0.29) is 6.42 Å². The number of aliphatic carboxylic acids is 1. The van der Waals surface area contributed by atoms with Gasteiger partial charge in [-0.15, -0.1) is 0 Å². The fourth-order valence-corrected chi connectivity index (χ4v) is 3.10. The molecule has 0 unspecified atom stereocenters. The summed E-state index contributed by atoms with van der Waals surface area (Å²) in [6.07, 6.45) is -0.851. The third kappa shape index (κ3) is 6.87. The molecule has 0 radical (unpaired) electrons. The third-order valence-electron chi connectivity index (χ3n) is 5.00. The highest BCUT2D eigenvalue weighted by Gasteiger charge is 2.30. The third-order valence-corrected chi connectivity index (χ3v) is 5.00. The van der Waals surface area contributed by atoms with Crippen LogP contribution in [0.25, 0.3) is 5.69 Å². The summed E-state index contributed by atoms with van der Waals surface area (Å²) in [5, 5.41) is 12.8. The molecule has 172 valence electrons. The number of rotatable bonds is 6.